The van der Waals surface area contributed by atoms with E-state index in [2.05, 4.69) is 99.9 Å². The minimum atomic E-state index is -4.38. The second-order valence-electron chi connectivity index (χ2n) is 32.1. The van der Waals surface area contributed by atoms with Crippen LogP contribution in [-0.2, 0) is 53.1 Å². The lowest BCUT2D eigenvalue weighted by Gasteiger charge is -2.20. The Morgan fingerprint density at radius 1 is 0.538 bits per heavy atom. The van der Waals surface area contributed by atoms with Crippen molar-refractivity contribution in [2.45, 2.75) is 268 Å². The third-order valence-corrected chi connectivity index (χ3v) is 21.2. The number of esters is 1. The van der Waals surface area contributed by atoms with Crippen LogP contribution in [0.1, 0.15) is 314 Å². The van der Waals surface area contributed by atoms with E-state index in [0.717, 1.165) is 77.5 Å². The number of hydrogen-bond acceptors (Lipinski definition) is 10. The summed E-state index contributed by atoms with van der Waals surface area (Å²) in [6.45, 7) is 52.6. The molecule has 0 spiro atoms. The monoisotopic (exact) mass is 1700 g/mol. The molecule has 0 atom stereocenters. The number of nitrogens with zero attached hydrogens (tertiary/aromatic N) is 2. The summed E-state index contributed by atoms with van der Waals surface area (Å²) in [4.78, 5) is 49.9. The quantitative estimate of drug-likeness (QED) is 0.0395. The van der Waals surface area contributed by atoms with Crippen LogP contribution in [0.4, 0.5) is 42.1 Å². The number of rotatable bonds is 19. The van der Waals surface area contributed by atoms with Crippen molar-refractivity contribution in [2.75, 3.05) is 30.0 Å². The fourth-order valence-corrected chi connectivity index (χ4v) is 13.8. The van der Waals surface area contributed by atoms with Crippen LogP contribution < -0.4 is 21.7 Å². The van der Waals surface area contributed by atoms with Gasteiger partial charge in [0.15, 0.2) is 25.4 Å². The van der Waals surface area contributed by atoms with Gasteiger partial charge in [0.05, 0.1) is 17.2 Å². The van der Waals surface area contributed by atoms with Crippen LogP contribution in [0.15, 0.2) is 168 Å². The van der Waals surface area contributed by atoms with Gasteiger partial charge in [-0.05, 0) is 217 Å². The summed E-state index contributed by atoms with van der Waals surface area (Å²) in [5, 5.41) is 2.79. The second-order valence-corrected chi connectivity index (χ2v) is 36.3. The molecule has 0 saturated carbocycles. The number of alkyl halides is 3. The molecule has 0 aliphatic carbocycles. The van der Waals surface area contributed by atoms with Crippen LogP contribution in [-0.4, -0.2) is 71.2 Å². The molecule has 0 radical (unpaired) electrons. The first-order chi connectivity index (χ1) is 54.1. The van der Waals surface area contributed by atoms with Crippen molar-refractivity contribution in [1.29, 1.82) is 0 Å². The summed E-state index contributed by atoms with van der Waals surface area (Å²) in [5.41, 5.74) is 21.6. The summed E-state index contributed by atoms with van der Waals surface area (Å²) < 4.78 is 141. The number of nitrogens with one attached hydrogen (secondary N) is 1. The van der Waals surface area contributed by atoms with Gasteiger partial charge in [-0.3, -0.25) is 19.2 Å². The van der Waals surface area contributed by atoms with E-state index in [0.29, 0.717) is 46.7 Å². The normalized spacial score (nSPS) is 11.7. The maximum atomic E-state index is 13.6. The van der Waals surface area contributed by atoms with Gasteiger partial charge >= 0.3 is 12.1 Å². The maximum Gasteiger partial charge on any atom is 0.415 e. The number of anilines is 1. The van der Waals surface area contributed by atoms with Crippen molar-refractivity contribution in [3.63, 3.8) is 0 Å². The van der Waals surface area contributed by atoms with Gasteiger partial charge in [0.2, 0.25) is 17.7 Å². The molecule has 9 rings (SSSR count). The molecule has 5 N–H and O–H groups in total. The van der Waals surface area contributed by atoms with Crippen LogP contribution in [0.2, 0.25) is 0 Å². The van der Waals surface area contributed by atoms with Crippen LogP contribution in [0.3, 0.4) is 0 Å². The lowest BCUT2D eigenvalue weighted by molar-refractivity contribution is -0.154. The van der Waals surface area contributed by atoms with Gasteiger partial charge in [-0.25, -0.2) is 39.2 Å². The smallest absolute Gasteiger partial charge is 0.415 e. The number of amides is 3. The second kappa shape index (κ2) is 51.1. The molecule has 1 fully saturated rings. The zero-order chi connectivity index (χ0) is 89.4. The Hall–Kier alpha value is -9.66. The first-order valence-corrected chi connectivity index (χ1v) is 43.0. The van der Waals surface area contributed by atoms with Gasteiger partial charge in [0, 0.05) is 61.6 Å². The third-order valence-electron chi connectivity index (χ3n) is 18.3. The molecule has 23 heteroatoms. The molecule has 8 aromatic carbocycles. The van der Waals surface area contributed by atoms with Gasteiger partial charge in [0.25, 0.3) is 0 Å². The fraction of sp³-hybridized carbons (Fsp3) is 0.448. The molecule has 1 aliphatic heterocycles. The number of nitrogens with two attached hydrogens (primary N) is 2. The zero-order valence-corrected chi connectivity index (χ0v) is 74.1. The first-order valence-electron chi connectivity index (χ1n) is 39.4. The number of hydrogen-bond donors (Lipinski definition) is 3. The highest BCUT2D eigenvalue weighted by Gasteiger charge is 2.31. The van der Waals surface area contributed by atoms with Crippen LogP contribution >= 0.6 is 0 Å². The van der Waals surface area contributed by atoms with E-state index in [4.69, 9.17) is 22.8 Å². The predicted molar refractivity (Wildman–Crippen MR) is 475 cm³/mol. The Bertz CT molecular complexity index is 4830. The summed E-state index contributed by atoms with van der Waals surface area (Å²) in [5.74, 6) is -0.657. The van der Waals surface area contributed by atoms with E-state index in [1.807, 2.05) is 114 Å². The van der Waals surface area contributed by atoms with E-state index >= 15 is 0 Å². The van der Waals surface area contributed by atoms with E-state index in [1.165, 1.54) is 72.4 Å². The maximum absolute atomic E-state index is 13.6. The largest absolute Gasteiger partial charge is 0.460 e. The Morgan fingerprint density at radius 2 is 1.04 bits per heavy atom. The Kier molecular flexibility index (Phi) is 46.9. The topological polar surface area (TPSA) is 217 Å². The molecule has 14 nitrogen and oxygen atoms in total. The molecule has 656 valence electrons. The average Bonchev–Trinajstić information content (AvgIpc) is 1.68. The van der Waals surface area contributed by atoms with Crippen molar-refractivity contribution in [1.82, 2.24) is 5.32 Å². The summed E-state index contributed by atoms with van der Waals surface area (Å²) in [7, 11) is -6.54. The van der Waals surface area contributed by atoms with Crippen molar-refractivity contribution in [3.05, 3.63) is 270 Å². The Balaban J connectivity index is 0.00000134. The van der Waals surface area contributed by atoms with E-state index in [-0.39, 0.29) is 89.6 Å². The Labute approximate surface area is 707 Å². The first kappa shape index (κ1) is 109. The lowest BCUT2D eigenvalue weighted by Crippen LogP contribution is -2.24. The van der Waals surface area contributed by atoms with Crippen molar-refractivity contribution >= 4 is 54.7 Å². The van der Waals surface area contributed by atoms with Gasteiger partial charge in [-0.1, -0.05) is 229 Å². The third kappa shape index (κ3) is 39.0. The Morgan fingerprint density at radius 3 is 1.52 bits per heavy atom. The van der Waals surface area contributed by atoms with E-state index in [9.17, 15) is 66.7 Å². The molecule has 8 aromatic rings. The minimum Gasteiger partial charge on any atom is -0.460 e. The number of primary amides is 2. The molecule has 1 aliphatic rings. The van der Waals surface area contributed by atoms with Crippen LogP contribution in [0.25, 0.3) is 4.85 Å². The summed E-state index contributed by atoms with van der Waals surface area (Å²) in [6.07, 6.45) is 0.286. The van der Waals surface area contributed by atoms with Crippen molar-refractivity contribution in [3.8, 4) is 0 Å². The number of carbonyl (C=O) groups excluding carboxylic acids is 4. The molecule has 0 unspecified atom stereocenters. The standard InChI is InChI=1S/C17H26O2.C13H18FN.C12H17NO.C11H10F3N.C11H16O2S.2C10H12FNO.C10H13FO2S.2CH4/c1-12(2)15-11-13(3)7-8-14(15)9-10-16(18)19-17(4,5)6;1-10(2)11-7-12(14)9-13(8-11)15-5-3-4-6-15;1-9(2)12-6-4-5-11(7-12)8-13-10(3)14;1-7(2)9-5-4-8(11(12,13)14)6-10(9)15-3;1-4-14(12,13)11-8-6-5-7-10(11)9(2)3;1-6(2)7-3-8(10(12)13)5-9(11)4-7;1-6(2)8-4-3-7(11)5-9(8)10(12)13;1-7(2)8-5-4-6-9(10(8)11)14(3,12)13;;/h7-8,11-12H,9-10H2,1-6H3;7-10H,3-6H2,1-2H3;4-7,9H,8H2,1-3H3,(H,13,14);4-7H,1-2H3;5-9H,4H2,1-3H3;2*3-6H,1-2H3,(H2,12,13);4-7H,1-3H3;2*1H4. The molecule has 0 bridgehead atoms. The van der Waals surface area contributed by atoms with Crippen LogP contribution in [0, 0.1) is 36.8 Å². The van der Waals surface area contributed by atoms with Crippen LogP contribution in [0.5, 0.6) is 0 Å². The number of ether oxygens (including phenoxy) is 1. The lowest BCUT2D eigenvalue weighted by atomic mass is 9.93. The molecular formula is C96H132F7N5O9S2. The van der Waals surface area contributed by atoms with Gasteiger partial charge < -0.3 is 26.4 Å². The van der Waals surface area contributed by atoms with Gasteiger partial charge in [-0.15, -0.1) is 0 Å². The highest BCUT2D eigenvalue weighted by atomic mass is 32.2. The number of sulfone groups is 2. The summed E-state index contributed by atoms with van der Waals surface area (Å²) in [6, 6.07) is 43.5. The van der Waals surface area contributed by atoms with E-state index in [1.54, 1.807) is 55.5 Å². The SMILES string of the molecule is C.C.CC(=O)NCc1cccc(C(C)C)c1.CC(C)c1cc(F)cc(C(N)=O)c1.CC(C)c1cc(F)cc(N2CCCC2)c1.CC(C)c1ccc(F)cc1C(N)=O.CC(C)c1cccc(S(C)(=O)=O)c1F.CCS(=O)(=O)c1ccccc1C(C)C.Cc1ccc(CCC(=O)OC(C)(C)C)c(C(C)C)c1.[C-]#[N+]c1cc(C(F)(F)F)ccc1C(C)C. The summed E-state index contributed by atoms with van der Waals surface area (Å²) >= 11 is 0. The number of benzene rings is 8. The fourth-order valence-electron chi connectivity index (χ4n) is 11.8. The number of carbonyl (C=O) groups is 4. The van der Waals surface area contributed by atoms with Crippen molar-refractivity contribution in [2.24, 2.45) is 11.5 Å². The highest BCUT2D eigenvalue weighted by Crippen LogP contribution is 2.36. The molecule has 1 saturated heterocycles. The van der Waals surface area contributed by atoms with Gasteiger partial charge in [0.1, 0.15) is 33.8 Å². The van der Waals surface area contributed by atoms with Gasteiger partial charge in [-0.2, -0.15) is 13.2 Å². The number of halogens is 7. The average molecular weight is 1700 g/mol. The molecule has 0 aromatic heterocycles. The molecule has 3 amide bonds. The predicted octanol–water partition coefficient (Wildman–Crippen LogP) is 25.1. The molecule has 1 heterocycles. The van der Waals surface area contributed by atoms with E-state index < -0.39 is 66.3 Å². The number of aryl methyl sites for hydroxylation is 2. The minimum absolute atomic E-state index is 0. The highest BCUT2D eigenvalue weighted by molar-refractivity contribution is 7.91. The zero-order valence-electron chi connectivity index (χ0n) is 72.5. The molecular weight excluding hydrogens is 1560 g/mol. The van der Waals surface area contributed by atoms with Crippen molar-refractivity contribution < 1.29 is 71.5 Å². The molecule has 119 heavy (non-hydrogen) atoms.